The van der Waals surface area contributed by atoms with Gasteiger partial charge in [-0.25, -0.2) is 0 Å². The Hall–Kier alpha value is -3.67. The van der Waals surface area contributed by atoms with Crippen LogP contribution in [0.5, 0.6) is 5.75 Å². The molecule has 0 atom stereocenters. The number of anilines is 1. The zero-order valence-electron chi connectivity index (χ0n) is 21.2. The smallest absolute Gasteiger partial charge is 0.273 e. The van der Waals surface area contributed by atoms with E-state index in [0.717, 1.165) is 76.4 Å². The summed E-state index contributed by atoms with van der Waals surface area (Å²) >= 11 is 12.7. The molecule has 38 heavy (non-hydrogen) atoms. The third-order valence-corrected chi connectivity index (χ3v) is 7.96. The average Bonchev–Trinajstić information content (AvgIpc) is 3.33. The topological polar surface area (TPSA) is 47.7 Å². The van der Waals surface area contributed by atoms with E-state index < -0.39 is 0 Å². The van der Waals surface area contributed by atoms with E-state index in [9.17, 15) is 4.79 Å². The predicted octanol–water partition coefficient (Wildman–Crippen LogP) is 8.29. The minimum Gasteiger partial charge on any atom is -0.497 e. The Morgan fingerprint density at radius 3 is 2.47 bits per heavy atom. The van der Waals surface area contributed by atoms with Crippen LogP contribution in [0.25, 0.3) is 28.0 Å². The van der Waals surface area contributed by atoms with Gasteiger partial charge in [-0.3, -0.25) is 9.20 Å². The number of halogens is 2. The highest BCUT2D eigenvalue weighted by molar-refractivity contribution is 6.42. The van der Waals surface area contributed by atoms with Crippen LogP contribution in [0, 0.1) is 6.92 Å². The molecule has 1 amide bonds. The maximum Gasteiger partial charge on any atom is 0.273 e. The number of nitrogens with one attached hydrogen (secondary N) is 1. The first-order chi connectivity index (χ1) is 18.4. The highest BCUT2D eigenvalue weighted by Gasteiger charge is 2.30. The van der Waals surface area contributed by atoms with Crippen molar-refractivity contribution in [2.75, 3.05) is 12.4 Å². The maximum atomic E-state index is 14.0. The highest BCUT2D eigenvalue weighted by Crippen LogP contribution is 2.41. The van der Waals surface area contributed by atoms with Crippen molar-refractivity contribution in [3.05, 3.63) is 99.8 Å². The number of hydrogen-bond acceptors (Lipinski definition) is 2. The second-order valence-electron chi connectivity index (χ2n) is 9.70. The van der Waals surface area contributed by atoms with E-state index in [1.807, 2.05) is 55.5 Å². The molecule has 0 bridgehead atoms. The molecule has 7 heteroatoms. The number of aromatic nitrogens is 2. The molecule has 0 aliphatic carbocycles. The van der Waals surface area contributed by atoms with Crippen LogP contribution in [0.1, 0.15) is 34.5 Å². The Bertz CT molecular complexity index is 1680. The number of imidazole rings is 1. The van der Waals surface area contributed by atoms with Crippen molar-refractivity contribution >= 4 is 40.4 Å². The quantitative estimate of drug-likeness (QED) is 0.242. The second-order valence-corrected chi connectivity index (χ2v) is 10.5. The van der Waals surface area contributed by atoms with Gasteiger partial charge in [0.2, 0.25) is 0 Å². The number of carbonyl (C=O) groups excluding carboxylic acids is 1. The Morgan fingerprint density at radius 1 is 0.947 bits per heavy atom. The fourth-order valence-electron chi connectivity index (χ4n) is 5.48. The molecule has 0 radical (unpaired) electrons. The molecule has 0 saturated heterocycles. The van der Waals surface area contributed by atoms with Crippen LogP contribution < -0.4 is 10.1 Å². The number of ether oxygens (including phenoxy) is 1. The van der Waals surface area contributed by atoms with E-state index in [2.05, 4.69) is 32.6 Å². The summed E-state index contributed by atoms with van der Waals surface area (Å²) in [6.07, 6.45) is 5.02. The first-order valence-corrected chi connectivity index (χ1v) is 13.4. The Morgan fingerprint density at radius 2 is 1.74 bits per heavy atom. The Kier molecular flexibility index (Phi) is 6.42. The first-order valence-electron chi connectivity index (χ1n) is 12.7. The van der Waals surface area contributed by atoms with Gasteiger partial charge in [-0.1, -0.05) is 41.4 Å². The summed E-state index contributed by atoms with van der Waals surface area (Å²) in [5.74, 6) is 0.639. The maximum absolute atomic E-state index is 14.0. The number of carbonyl (C=O) groups is 1. The predicted molar refractivity (Wildman–Crippen MR) is 155 cm³/mol. The third-order valence-electron chi connectivity index (χ3n) is 7.22. The molecule has 3 heterocycles. The fourth-order valence-corrected chi connectivity index (χ4v) is 5.77. The van der Waals surface area contributed by atoms with Crippen molar-refractivity contribution in [2.24, 2.45) is 0 Å². The summed E-state index contributed by atoms with van der Waals surface area (Å²) in [4.78, 5) is 14.0. The van der Waals surface area contributed by atoms with Crippen LogP contribution in [-0.2, 0) is 13.0 Å². The minimum absolute atomic E-state index is 0.170. The van der Waals surface area contributed by atoms with E-state index in [1.165, 1.54) is 0 Å². The summed E-state index contributed by atoms with van der Waals surface area (Å²) in [6, 6.07) is 21.5. The summed E-state index contributed by atoms with van der Waals surface area (Å²) in [5.41, 5.74) is 8.54. The molecular weight excluding hydrogens is 517 g/mol. The van der Waals surface area contributed by atoms with Gasteiger partial charge in [0.25, 0.3) is 5.91 Å². The summed E-state index contributed by atoms with van der Waals surface area (Å²) in [7, 11) is 1.67. The summed E-state index contributed by atoms with van der Waals surface area (Å²) in [5, 5.41) is 4.09. The molecule has 0 saturated carbocycles. The van der Waals surface area contributed by atoms with Crippen molar-refractivity contribution in [2.45, 2.75) is 32.7 Å². The van der Waals surface area contributed by atoms with E-state index in [1.54, 1.807) is 13.2 Å². The van der Waals surface area contributed by atoms with Gasteiger partial charge in [-0.2, -0.15) is 0 Å². The molecule has 1 aliphatic rings. The molecule has 1 N–H and O–H groups in total. The standard InChI is InChI=1S/C31H27Cl2N3O2/c1-19-6-5-7-22(16-19)34-30(37)29-28(21-11-14-25(32)26(33)17-21)24-8-3-4-15-35-27(18-36(29)31(24)35)20-9-12-23(38-2)13-10-20/h5-7,9-14,16-18H,3-4,8,15H2,1-2H3,(H,34,37). The van der Waals surface area contributed by atoms with Gasteiger partial charge in [0, 0.05) is 29.6 Å². The van der Waals surface area contributed by atoms with Crippen molar-refractivity contribution in [3.8, 4) is 28.1 Å². The van der Waals surface area contributed by atoms with Gasteiger partial charge in [0.05, 0.1) is 22.8 Å². The zero-order chi connectivity index (χ0) is 26.4. The number of hydrogen-bond donors (Lipinski definition) is 1. The van der Waals surface area contributed by atoms with Gasteiger partial charge in [0.1, 0.15) is 17.1 Å². The van der Waals surface area contributed by atoms with E-state index >= 15 is 0 Å². The van der Waals surface area contributed by atoms with E-state index in [-0.39, 0.29) is 5.91 Å². The van der Waals surface area contributed by atoms with E-state index in [0.29, 0.717) is 15.7 Å². The number of aryl methyl sites for hydroxylation is 3. The molecule has 6 rings (SSSR count). The number of nitrogens with zero attached hydrogens (tertiary/aromatic N) is 2. The van der Waals surface area contributed by atoms with Crippen LogP contribution in [0.2, 0.25) is 10.0 Å². The fraction of sp³-hybridized carbons (Fsp3) is 0.194. The number of amides is 1. The SMILES string of the molecule is COc1ccc(-c2cn3c(C(=O)Nc4cccc(C)c4)c(-c4ccc(Cl)c(Cl)c4)c4c3n2CCCC4)cc1. The van der Waals surface area contributed by atoms with Crippen LogP contribution >= 0.6 is 23.2 Å². The molecule has 0 fully saturated rings. The Labute approximate surface area is 231 Å². The monoisotopic (exact) mass is 543 g/mol. The molecule has 1 aliphatic heterocycles. The molecular formula is C31H27Cl2N3O2. The number of benzene rings is 3. The van der Waals surface area contributed by atoms with Gasteiger partial charge >= 0.3 is 0 Å². The molecule has 5 aromatic rings. The lowest BCUT2D eigenvalue weighted by Gasteiger charge is -2.11. The number of methoxy groups -OCH3 is 1. The van der Waals surface area contributed by atoms with Gasteiger partial charge in [0.15, 0.2) is 0 Å². The van der Waals surface area contributed by atoms with Crippen molar-refractivity contribution in [1.82, 2.24) is 8.97 Å². The lowest BCUT2D eigenvalue weighted by atomic mass is 9.97. The zero-order valence-corrected chi connectivity index (χ0v) is 22.7. The molecule has 192 valence electrons. The van der Waals surface area contributed by atoms with Crippen LogP contribution in [0.3, 0.4) is 0 Å². The third kappa shape index (κ3) is 4.26. The second kappa shape index (κ2) is 9.90. The van der Waals surface area contributed by atoms with Crippen LogP contribution in [0.15, 0.2) is 72.9 Å². The number of rotatable bonds is 5. The summed E-state index contributed by atoms with van der Waals surface area (Å²) in [6.45, 7) is 2.88. The van der Waals surface area contributed by atoms with Gasteiger partial charge in [-0.15, -0.1) is 0 Å². The Balaban J connectivity index is 1.60. The van der Waals surface area contributed by atoms with Crippen LogP contribution in [-0.4, -0.2) is 22.0 Å². The van der Waals surface area contributed by atoms with E-state index in [4.69, 9.17) is 27.9 Å². The molecule has 0 spiro atoms. The normalized spacial score (nSPS) is 12.9. The van der Waals surface area contributed by atoms with Crippen LogP contribution in [0.4, 0.5) is 5.69 Å². The molecule has 3 aromatic carbocycles. The lowest BCUT2D eigenvalue weighted by Crippen LogP contribution is -2.15. The largest absolute Gasteiger partial charge is 0.497 e. The van der Waals surface area contributed by atoms with Crippen molar-refractivity contribution < 1.29 is 9.53 Å². The summed E-state index contributed by atoms with van der Waals surface area (Å²) < 4.78 is 9.77. The highest BCUT2D eigenvalue weighted by atomic mass is 35.5. The first kappa shape index (κ1) is 24.7. The van der Waals surface area contributed by atoms with Gasteiger partial charge < -0.3 is 14.6 Å². The van der Waals surface area contributed by atoms with Gasteiger partial charge in [-0.05, 0) is 91.4 Å². The average molecular weight is 544 g/mol. The molecule has 0 unspecified atom stereocenters. The molecule has 5 nitrogen and oxygen atoms in total. The molecule has 2 aromatic heterocycles. The van der Waals surface area contributed by atoms with Crippen molar-refractivity contribution in [1.29, 1.82) is 0 Å². The van der Waals surface area contributed by atoms with Crippen molar-refractivity contribution in [3.63, 3.8) is 0 Å². The minimum atomic E-state index is -0.170. The lowest BCUT2D eigenvalue weighted by molar-refractivity contribution is 0.102.